The standard InChI is InChI=1S/C15H20O4/c1-10(2)12-9-18-14(13(12)16)15(17)19-8-11-6-4-3-5-7-11/h3-7,10,12-14,16H,8-9H2,1-2H3/t12-,13-,14-/m1/s1. The molecule has 0 saturated carbocycles. The molecule has 104 valence electrons. The van der Waals surface area contributed by atoms with Crippen LogP contribution in [0.4, 0.5) is 0 Å². The number of benzene rings is 1. The third-order valence-corrected chi connectivity index (χ3v) is 3.53. The highest BCUT2D eigenvalue weighted by Crippen LogP contribution is 2.27. The Kier molecular flexibility index (Phi) is 4.56. The third-order valence-electron chi connectivity index (χ3n) is 3.53. The van der Waals surface area contributed by atoms with Crippen molar-refractivity contribution >= 4 is 5.97 Å². The summed E-state index contributed by atoms with van der Waals surface area (Å²) in [5.74, 6) is -0.212. The van der Waals surface area contributed by atoms with Crippen molar-refractivity contribution in [3.8, 4) is 0 Å². The predicted octanol–water partition coefficient (Wildman–Crippen LogP) is 1.76. The summed E-state index contributed by atoms with van der Waals surface area (Å²) >= 11 is 0. The number of ether oxygens (including phenoxy) is 2. The Bertz CT molecular complexity index is 415. The van der Waals surface area contributed by atoms with E-state index in [0.29, 0.717) is 6.61 Å². The Balaban J connectivity index is 1.87. The van der Waals surface area contributed by atoms with Crippen LogP contribution in [0.2, 0.25) is 0 Å². The highest BCUT2D eigenvalue weighted by atomic mass is 16.6. The van der Waals surface area contributed by atoms with Crippen molar-refractivity contribution < 1.29 is 19.4 Å². The van der Waals surface area contributed by atoms with Crippen LogP contribution in [0.25, 0.3) is 0 Å². The van der Waals surface area contributed by atoms with Gasteiger partial charge in [-0.2, -0.15) is 0 Å². The highest BCUT2D eigenvalue weighted by Gasteiger charge is 2.42. The van der Waals surface area contributed by atoms with Gasteiger partial charge in [0.2, 0.25) is 0 Å². The van der Waals surface area contributed by atoms with Crippen molar-refractivity contribution in [2.45, 2.75) is 32.7 Å². The van der Waals surface area contributed by atoms with Gasteiger partial charge in [0.15, 0.2) is 6.10 Å². The minimum atomic E-state index is -0.851. The SMILES string of the molecule is CC(C)[C@H]1CO[C@@H](C(=O)OCc2ccccc2)[C@@H]1O. The van der Waals surface area contributed by atoms with E-state index in [-0.39, 0.29) is 18.4 Å². The first-order chi connectivity index (χ1) is 9.09. The van der Waals surface area contributed by atoms with Gasteiger partial charge in [0, 0.05) is 5.92 Å². The van der Waals surface area contributed by atoms with Crippen molar-refractivity contribution in [2.24, 2.45) is 11.8 Å². The van der Waals surface area contributed by atoms with E-state index >= 15 is 0 Å². The molecule has 4 heteroatoms. The summed E-state index contributed by atoms with van der Waals surface area (Å²) in [5.41, 5.74) is 0.920. The van der Waals surface area contributed by atoms with Gasteiger partial charge in [0.05, 0.1) is 12.7 Å². The van der Waals surface area contributed by atoms with Crippen molar-refractivity contribution in [3.05, 3.63) is 35.9 Å². The Labute approximate surface area is 113 Å². The number of aliphatic hydroxyl groups excluding tert-OH is 1. The number of esters is 1. The number of hydrogen-bond donors (Lipinski definition) is 1. The van der Waals surface area contributed by atoms with Gasteiger partial charge in [0.1, 0.15) is 6.61 Å². The predicted molar refractivity (Wildman–Crippen MR) is 70.3 cm³/mol. The smallest absolute Gasteiger partial charge is 0.338 e. The second kappa shape index (κ2) is 6.17. The second-order valence-corrected chi connectivity index (χ2v) is 5.25. The first-order valence-corrected chi connectivity index (χ1v) is 6.60. The molecule has 4 nitrogen and oxygen atoms in total. The van der Waals surface area contributed by atoms with Crippen LogP contribution in [0.5, 0.6) is 0 Å². The van der Waals surface area contributed by atoms with E-state index in [1.54, 1.807) is 0 Å². The zero-order chi connectivity index (χ0) is 13.8. The molecule has 3 atom stereocenters. The lowest BCUT2D eigenvalue weighted by molar-refractivity contribution is -0.159. The van der Waals surface area contributed by atoms with Crippen LogP contribution in [0.1, 0.15) is 19.4 Å². The molecule has 1 heterocycles. The van der Waals surface area contributed by atoms with Crippen molar-refractivity contribution in [3.63, 3.8) is 0 Å². The summed E-state index contributed by atoms with van der Waals surface area (Å²) in [6.45, 7) is 4.63. The van der Waals surface area contributed by atoms with Gasteiger partial charge in [-0.1, -0.05) is 44.2 Å². The molecule has 0 amide bonds. The molecule has 1 aliphatic heterocycles. The minimum Gasteiger partial charge on any atom is -0.459 e. The van der Waals surface area contributed by atoms with Crippen molar-refractivity contribution in [2.75, 3.05) is 6.61 Å². The van der Waals surface area contributed by atoms with Crippen molar-refractivity contribution in [1.29, 1.82) is 0 Å². The zero-order valence-corrected chi connectivity index (χ0v) is 11.3. The van der Waals surface area contributed by atoms with Gasteiger partial charge in [0.25, 0.3) is 0 Å². The largest absolute Gasteiger partial charge is 0.459 e. The first kappa shape index (κ1) is 14.0. The van der Waals surface area contributed by atoms with Crippen molar-refractivity contribution in [1.82, 2.24) is 0 Å². The van der Waals surface area contributed by atoms with Crippen LogP contribution in [0.3, 0.4) is 0 Å². The summed E-state index contributed by atoms with van der Waals surface area (Å²) < 4.78 is 10.6. The van der Waals surface area contributed by atoms with Crippen LogP contribution < -0.4 is 0 Å². The van der Waals surface area contributed by atoms with Crippen LogP contribution in [0.15, 0.2) is 30.3 Å². The number of aliphatic hydroxyl groups is 1. The molecule has 0 aliphatic carbocycles. The van der Waals surface area contributed by atoms with E-state index < -0.39 is 18.2 Å². The van der Waals surface area contributed by atoms with Gasteiger partial charge in [-0.15, -0.1) is 0 Å². The summed E-state index contributed by atoms with van der Waals surface area (Å²) in [7, 11) is 0. The molecular weight excluding hydrogens is 244 g/mol. The summed E-state index contributed by atoms with van der Waals surface area (Å²) in [4.78, 5) is 11.9. The van der Waals surface area contributed by atoms with E-state index in [2.05, 4.69) is 0 Å². The molecule has 0 aromatic heterocycles. The Morgan fingerprint density at radius 2 is 2.11 bits per heavy atom. The molecule has 19 heavy (non-hydrogen) atoms. The molecule has 0 bridgehead atoms. The van der Waals surface area contributed by atoms with E-state index in [9.17, 15) is 9.90 Å². The van der Waals surface area contributed by atoms with Gasteiger partial charge in [-0.3, -0.25) is 0 Å². The van der Waals surface area contributed by atoms with Crippen LogP contribution in [0, 0.1) is 11.8 Å². The maximum Gasteiger partial charge on any atom is 0.338 e. The lowest BCUT2D eigenvalue weighted by Crippen LogP contribution is -2.36. The fourth-order valence-electron chi connectivity index (χ4n) is 2.24. The average Bonchev–Trinajstić information content (AvgIpc) is 2.79. The third kappa shape index (κ3) is 3.33. The summed E-state index contributed by atoms with van der Waals surface area (Å²) in [5, 5.41) is 10.1. The normalized spacial score (nSPS) is 26.6. The van der Waals surface area contributed by atoms with Gasteiger partial charge in [-0.05, 0) is 11.5 Å². The van der Waals surface area contributed by atoms with Gasteiger partial charge < -0.3 is 14.6 Å². The average molecular weight is 264 g/mol. The summed E-state index contributed by atoms with van der Waals surface area (Å²) in [6, 6.07) is 9.45. The lowest BCUT2D eigenvalue weighted by Gasteiger charge is -2.19. The van der Waals surface area contributed by atoms with E-state index in [0.717, 1.165) is 5.56 Å². The second-order valence-electron chi connectivity index (χ2n) is 5.25. The van der Waals surface area contributed by atoms with Crippen LogP contribution >= 0.6 is 0 Å². The lowest BCUT2D eigenvalue weighted by atomic mass is 9.91. The molecule has 0 radical (unpaired) electrons. The number of rotatable bonds is 4. The Morgan fingerprint density at radius 1 is 1.42 bits per heavy atom. The molecule has 1 aromatic rings. The molecular formula is C15H20O4. The fourth-order valence-corrected chi connectivity index (χ4v) is 2.24. The molecule has 1 N–H and O–H groups in total. The number of carbonyl (C=O) groups excluding carboxylic acids is 1. The quantitative estimate of drug-likeness (QED) is 0.842. The van der Waals surface area contributed by atoms with Gasteiger partial charge in [-0.25, -0.2) is 4.79 Å². The monoisotopic (exact) mass is 264 g/mol. The molecule has 0 unspecified atom stereocenters. The maximum absolute atomic E-state index is 11.9. The molecule has 1 aromatic carbocycles. The highest BCUT2D eigenvalue weighted by molar-refractivity contribution is 5.75. The van der Waals surface area contributed by atoms with Gasteiger partial charge >= 0.3 is 5.97 Å². The Hall–Kier alpha value is -1.39. The van der Waals surface area contributed by atoms with Crippen LogP contribution in [-0.2, 0) is 20.9 Å². The number of hydrogen-bond acceptors (Lipinski definition) is 4. The summed E-state index contributed by atoms with van der Waals surface area (Å²) in [6.07, 6.45) is -1.63. The molecule has 0 spiro atoms. The molecule has 1 aliphatic rings. The van der Waals surface area contributed by atoms with E-state index in [4.69, 9.17) is 9.47 Å². The molecule has 2 rings (SSSR count). The zero-order valence-electron chi connectivity index (χ0n) is 11.3. The molecule has 1 fully saturated rings. The minimum absolute atomic E-state index is 0.00530. The topological polar surface area (TPSA) is 55.8 Å². The Morgan fingerprint density at radius 3 is 2.68 bits per heavy atom. The molecule has 1 saturated heterocycles. The fraction of sp³-hybridized carbons (Fsp3) is 0.533. The number of carbonyl (C=O) groups is 1. The first-order valence-electron chi connectivity index (χ1n) is 6.60. The van der Waals surface area contributed by atoms with E-state index in [1.807, 2.05) is 44.2 Å². The maximum atomic E-state index is 11.9. The van der Waals surface area contributed by atoms with Crippen LogP contribution in [-0.4, -0.2) is 29.9 Å². The van der Waals surface area contributed by atoms with E-state index in [1.165, 1.54) is 0 Å².